The van der Waals surface area contributed by atoms with Gasteiger partial charge in [-0.2, -0.15) is 0 Å². The molecule has 3 fully saturated rings. The summed E-state index contributed by atoms with van der Waals surface area (Å²) in [5.41, 5.74) is -0.680. The average Bonchev–Trinajstić information content (AvgIpc) is 3.59. The smallest absolute Gasteiger partial charge is 0.444 e. The number of likely N-dealkylation sites (tertiary alicyclic amines) is 1. The Hall–Kier alpha value is -2.40. The van der Waals surface area contributed by atoms with E-state index in [2.05, 4.69) is 10.2 Å². The van der Waals surface area contributed by atoms with Gasteiger partial charge in [0.15, 0.2) is 0 Å². The summed E-state index contributed by atoms with van der Waals surface area (Å²) in [6.07, 6.45) is 7.00. The van der Waals surface area contributed by atoms with Crippen molar-refractivity contribution in [3.8, 4) is 0 Å². The van der Waals surface area contributed by atoms with E-state index >= 15 is 0 Å². The van der Waals surface area contributed by atoms with Crippen LogP contribution >= 0.6 is 0 Å². The fourth-order valence-electron chi connectivity index (χ4n) is 4.74. The van der Waals surface area contributed by atoms with Crippen molar-refractivity contribution in [1.82, 2.24) is 20.2 Å². The highest BCUT2D eigenvalue weighted by Crippen LogP contribution is 2.37. The number of aromatic nitrogens is 2. The molecular formula is C26H42BN5O5. The quantitative estimate of drug-likeness (QED) is 0.577. The first-order chi connectivity index (χ1) is 17.2. The SMILES string of the molecule is CC(NC(=O)OC(C)(C)C)C(=O)N1CCC[C@@H](N(c2ncc(B3OC(C)(C)C(C)(C)O3)cn2)C2CC2)C1. The number of carbonyl (C=O) groups excluding carboxylic acids is 2. The molecule has 0 aromatic carbocycles. The molecule has 1 aromatic rings. The Balaban J connectivity index is 1.41. The van der Waals surface area contributed by atoms with E-state index in [-0.39, 0.29) is 11.9 Å². The summed E-state index contributed by atoms with van der Waals surface area (Å²) in [5.74, 6) is 0.560. The highest BCUT2D eigenvalue weighted by Gasteiger charge is 2.52. The number of nitrogens with zero attached hydrogens (tertiary/aromatic N) is 4. The monoisotopic (exact) mass is 515 g/mol. The van der Waals surface area contributed by atoms with Gasteiger partial charge in [0.05, 0.1) is 11.2 Å². The largest absolute Gasteiger partial charge is 0.498 e. The van der Waals surface area contributed by atoms with E-state index in [1.165, 1.54) is 0 Å². The average molecular weight is 515 g/mol. The van der Waals surface area contributed by atoms with Crippen LogP contribution in [0.5, 0.6) is 0 Å². The molecule has 1 aliphatic carbocycles. The third-order valence-corrected chi connectivity index (χ3v) is 7.56. The molecule has 0 spiro atoms. The van der Waals surface area contributed by atoms with Gasteiger partial charge in [-0.15, -0.1) is 0 Å². The normalized spacial score (nSPS) is 23.9. The molecular weight excluding hydrogens is 473 g/mol. The van der Waals surface area contributed by atoms with Gasteiger partial charge in [-0.25, -0.2) is 14.8 Å². The van der Waals surface area contributed by atoms with Crippen LogP contribution < -0.4 is 15.7 Å². The van der Waals surface area contributed by atoms with Crippen LogP contribution in [-0.2, 0) is 18.8 Å². The molecule has 1 aromatic heterocycles. The van der Waals surface area contributed by atoms with Gasteiger partial charge >= 0.3 is 13.2 Å². The van der Waals surface area contributed by atoms with Crippen molar-refractivity contribution in [2.75, 3.05) is 18.0 Å². The van der Waals surface area contributed by atoms with Crippen LogP contribution in [0, 0.1) is 0 Å². The van der Waals surface area contributed by atoms with Gasteiger partial charge in [0.25, 0.3) is 0 Å². The van der Waals surface area contributed by atoms with Crippen LogP contribution in [0.1, 0.15) is 81.1 Å². The van der Waals surface area contributed by atoms with Crippen LogP contribution in [0.25, 0.3) is 0 Å². The van der Waals surface area contributed by atoms with Gasteiger partial charge in [-0.1, -0.05) is 0 Å². The maximum Gasteiger partial charge on any atom is 0.498 e. The third kappa shape index (κ3) is 6.37. The van der Waals surface area contributed by atoms with E-state index in [1.54, 1.807) is 40.1 Å². The standard InChI is InChI=1S/C26H42BN5O5/c1-17(30-23(34)35-24(2,3)4)21(33)31-13-9-10-20(16-31)32(19-11-12-19)22-28-14-18(15-29-22)27-36-25(5,6)26(7,8)37-27/h14-15,17,19-20H,9-13,16H2,1-8H3,(H,30,34)/t17?,20-/m1/s1. The lowest BCUT2D eigenvalue weighted by Gasteiger charge is -2.40. The van der Waals surface area contributed by atoms with E-state index in [9.17, 15) is 9.59 Å². The summed E-state index contributed by atoms with van der Waals surface area (Å²) in [5, 5.41) is 2.67. The van der Waals surface area contributed by atoms with E-state index in [4.69, 9.17) is 24.0 Å². The molecule has 2 amide bonds. The Labute approximate surface area is 221 Å². The fraction of sp³-hybridized carbons (Fsp3) is 0.769. The number of nitrogens with one attached hydrogen (secondary N) is 1. The summed E-state index contributed by atoms with van der Waals surface area (Å²) in [7, 11) is -0.504. The van der Waals surface area contributed by atoms with Crippen LogP contribution in [0.2, 0.25) is 0 Å². The minimum Gasteiger partial charge on any atom is -0.444 e. The predicted octanol–water partition coefficient (Wildman–Crippen LogP) is 2.65. The Bertz CT molecular complexity index is 976. The molecule has 2 saturated heterocycles. The number of hydrogen-bond donors (Lipinski definition) is 1. The Morgan fingerprint density at radius 1 is 1.11 bits per heavy atom. The highest BCUT2D eigenvalue weighted by molar-refractivity contribution is 6.61. The summed E-state index contributed by atoms with van der Waals surface area (Å²) in [4.78, 5) is 38.9. The number of anilines is 1. The lowest BCUT2D eigenvalue weighted by molar-refractivity contribution is -0.134. The molecule has 37 heavy (non-hydrogen) atoms. The minimum atomic E-state index is -0.668. The maximum absolute atomic E-state index is 13.2. The minimum absolute atomic E-state index is 0.108. The lowest BCUT2D eigenvalue weighted by Crippen LogP contribution is -2.55. The molecule has 11 heteroatoms. The van der Waals surface area contributed by atoms with Crippen molar-refractivity contribution in [1.29, 1.82) is 0 Å². The molecule has 2 atom stereocenters. The van der Waals surface area contributed by atoms with E-state index < -0.39 is 36.1 Å². The Kier molecular flexibility index (Phi) is 7.51. The van der Waals surface area contributed by atoms with Crippen molar-refractivity contribution in [2.45, 2.75) is 116 Å². The number of hydrogen-bond acceptors (Lipinski definition) is 8. The number of carbonyl (C=O) groups is 2. The second-order valence-electron chi connectivity index (χ2n) is 12.5. The summed E-state index contributed by atoms with van der Waals surface area (Å²) in [6.45, 7) is 16.4. The van der Waals surface area contributed by atoms with Crippen LogP contribution in [0.4, 0.5) is 10.7 Å². The van der Waals surface area contributed by atoms with Crippen molar-refractivity contribution in [3.05, 3.63) is 12.4 Å². The summed E-state index contributed by atoms with van der Waals surface area (Å²) in [6, 6.07) is -0.180. The van der Waals surface area contributed by atoms with E-state index in [1.807, 2.05) is 32.6 Å². The molecule has 10 nitrogen and oxygen atoms in total. The first-order valence-electron chi connectivity index (χ1n) is 13.4. The fourth-order valence-corrected chi connectivity index (χ4v) is 4.74. The van der Waals surface area contributed by atoms with Crippen LogP contribution in [0.15, 0.2) is 12.4 Å². The van der Waals surface area contributed by atoms with Gasteiger partial charge in [0, 0.05) is 43.0 Å². The number of rotatable bonds is 6. The van der Waals surface area contributed by atoms with Gasteiger partial charge in [0.1, 0.15) is 11.6 Å². The highest BCUT2D eigenvalue weighted by atomic mass is 16.7. The molecule has 3 heterocycles. The molecule has 1 unspecified atom stereocenters. The molecule has 0 radical (unpaired) electrons. The summed E-state index contributed by atoms with van der Waals surface area (Å²) < 4.78 is 17.6. The van der Waals surface area contributed by atoms with Crippen LogP contribution in [-0.4, -0.2) is 82.0 Å². The topological polar surface area (TPSA) is 106 Å². The molecule has 3 aliphatic rings. The molecule has 1 N–H and O–H groups in total. The number of amides is 2. The van der Waals surface area contributed by atoms with Gasteiger partial charge in [-0.3, -0.25) is 4.79 Å². The Morgan fingerprint density at radius 3 is 2.24 bits per heavy atom. The van der Waals surface area contributed by atoms with Crippen molar-refractivity contribution in [3.63, 3.8) is 0 Å². The first-order valence-corrected chi connectivity index (χ1v) is 13.4. The van der Waals surface area contributed by atoms with Gasteiger partial charge in [0.2, 0.25) is 11.9 Å². The lowest BCUT2D eigenvalue weighted by atomic mass is 9.81. The van der Waals surface area contributed by atoms with Gasteiger partial charge < -0.3 is 29.2 Å². The predicted molar refractivity (Wildman–Crippen MR) is 142 cm³/mol. The van der Waals surface area contributed by atoms with E-state index in [0.29, 0.717) is 25.1 Å². The number of alkyl carbamates (subject to hydrolysis) is 1. The zero-order chi connectivity index (χ0) is 27.2. The second-order valence-corrected chi connectivity index (χ2v) is 12.5. The summed E-state index contributed by atoms with van der Waals surface area (Å²) >= 11 is 0. The molecule has 4 rings (SSSR count). The number of ether oxygens (including phenoxy) is 1. The zero-order valence-electron chi connectivity index (χ0n) is 23.5. The third-order valence-electron chi connectivity index (χ3n) is 7.56. The molecule has 0 bridgehead atoms. The second kappa shape index (κ2) is 10.1. The van der Waals surface area contributed by atoms with Gasteiger partial charge in [-0.05, 0) is 81.1 Å². The maximum atomic E-state index is 13.2. The van der Waals surface area contributed by atoms with E-state index in [0.717, 1.165) is 31.1 Å². The van der Waals surface area contributed by atoms with Crippen molar-refractivity contribution < 1.29 is 23.6 Å². The Morgan fingerprint density at radius 2 is 1.70 bits per heavy atom. The van der Waals surface area contributed by atoms with Crippen LogP contribution in [0.3, 0.4) is 0 Å². The number of piperidine rings is 1. The molecule has 204 valence electrons. The zero-order valence-corrected chi connectivity index (χ0v) is 23.5. The molecule has 1 saturated carbocycles. The van der Waals surface area contributed by atoms with Crippen molar-refractivity contribution in [2.24, 2.45) is 0 Å². The first kappa shape index (κ1) is 27.6. The van der Waals surface area contributed by atoms with Crippen molar-refractivity contribution >= 4 is 30.5 Å². The molecule has 2 aliphatic heterocycles.